The molecule has 2 rings (SSSR count). The molecule has 0 aliphatic heterocycles. The molecule has 0 radical (unpaired) electrons. The van der Waals surface area contributed by atoms with Gasteiger partial charge in [-0.2, -0.15) is 5.26 Å². The van der Waals surface area contributed by atoms with Crippen molar-refractivity contribution in [2.45, 2.75) is 4.90 Å². The Kier molecular flexibility index (Phi) is 3.86. The highest BCUT2D eigenvalue weighted by molar-refractivity contribution is 7.92. The number of halogens is 3. The Hall–Kier alpha value is -2.53. The average Bonchev–Trinajstić information content (AvgIpc) is 2.44. The van der Waals surface area contributed by atoms with Crippen molar-refractivity contribution in [1.82, 2.24) is 0 Å². The van der Waals surface area contributed by atoms with Gasteiger partial charge in [-0.1, -0.05) is 0 Å². The van der Waals surface area contributed by atoms with Gasteiger partial charge in [0.1, 0.15) is 0 Å². The molecule has 0 aliphatic carbocycles. The van der Waals surface area contributed by atoms with Crippen LogP contribution < -0.4 is 4.72 Å². The molecule has 0 bridgehead atoms. The van der Waals surface area contributed by atoms with E-state index in [4.69, 9.17) is 5.26 Å². The van der Waals surface area contributed by atoms with Crippen LogP contribution in [0.25, 0.3) is 0 Å². The number of rotatable bonds is 3. The third-order valence-corrected chi connectivity index (χ3v) is 3.93. The second-order valence-electron chi connectivity index (χ2n) is 4.00. The van der Waals surface area contributed by atoms with E-state index in [-0.39, 0.29) is 10.5 Å². The van der Waals surface area contributed by atoms with E-state index < -0.39 is 33.2 Å². The summed E-state index contributed by atoms with van der Waals surface area (Å²) in [5.41, 5.74) is -0.191. The lowest BCUT2D eigenvalue weighted by Gasteiger charge is -2.08. The molecule has 8 heteroatoms. The summed E-state index contributed by atoms with van der Waals surface area (Å²) in [5, 5.41) is 8.62. The molecule has 1 N–H and O–H groups in total. The van der Waals surface area contributed by atoms with Crippen LogP contribution in [0.1, 0.15) is 5.56 Å². The lowest BCUT2D eigenvalue weighted by molar-refractivity contribution is 0.448. The molecule has 0 aromatic heterocycles. The highest BCUT2D eigenvalue weighted by Gasteiger charge is 2.17. The first-order valence-corrected chi connectivity index (χ1v) is 6.99. The number of nitrogens with one attached hydrogen (secondary N) is 1. The van der Waals surface area contributed by atoms with E-state index in [0.29, 0.717) is 12.1 Å². The molecule has 0 amide bonds. The Bertz CT molecular complexity index is 804. The molecular weight excluding hydrogens is 305 g/mol. The summed E-state index contributed by atoms with van der Waals surface area (Å²) >= 11 is 0. The Labute approximate surface area is 118 Å². The Morgan fingerprint density at radius 1 is 1.00 bits per heavy atom. The van der Waals surface area contributed by atoms with Gasteiger partial charge in [0.25, 0.3) is 10.0 Å². The van der Waals surface area contributed by atoms with E-state index in [2.05, 4.69) is 0 Å². The summed E-state index contributed by atoms with van der Waals surface area (Å²) in [6.45, 7) is 0. The molecule has 0 saturated heterocycles. The number of hydrogen-bond donors (Lipinski definition) is 1. The van der Waals surface area contributed by atoms with Gasteiger partial charge in [-0.25, -0.2) is 21.6 Å². The zero-order valence-electron chi connectivity index (χ0n) is 10.3. The van der Waals surface area contributed by atoms with Gasteiger partial charge in [0, 0.05) is 12.1 Å². The fourth-order valence-corrected chi connectivity index (χ4v) is 2.58. The molecule has 0 heterocycles. The van der Waals surface area contributed by atoms with Crippen LogP contribution in [-0.4, -0.2) is 8.42 Å². The first kappa shape index (κ1) is 14.9. The first-order valence-electron chi connectivity index (χ1n) is 5.51. The van der Waals surface area contributed by atoms with Crippen molar-refractivity contribution in [3.05, 3.63) is 59.4 Å². The zero-order chi connectivity index (χ0) is 15.6. The van der Waals surface area contributed by atoms with Crippen molar-refractivity contribution in [3.8, 4) is 6.07 Å². The van der Waals surface area contributed by atoms with Crippen molar-refractivity contribution in [2.75, 3.05) is 4.72 Å². The number of hydrogen-bond acceptors (Lipinski definition) is 3. The molecule has 2 aromatic rings. The Morgan fingerprint density at radius 2 is 1.52 bits per heavy atom. The summed E-state index contributed by atoms with van der Waals surface area (Å²) in [4.78, 5) is -0.202. The largest absolute Gasteiger partial charge is 0.279 e. The van der Waals surface area contributed by atoms with Gasteiger partial charge < -0.3 is 0 Å². The standard InChI is InChI=1S/C13H7F3N2O2S/c14-11-5-9(6-12(15)13(11)16)18-21(19,20)10-3-1-8(7-17)2-4-10/h1-6,18H. The number of anilines is 1. The predicted molar refractivity (Wildman–Crippen MR) is 68.3 cm³/mol. The third-order valence-electron chi connectivity index (χ3n) is 2.53. The Balaban J connectivity index is 2.35. The van der Waals surface area contributed by atoms with Crippen LogP contribution in [0.5, 0.6) is 0 Å². The van der Waals surface area contributed by atoms with Crippen LogP contribution >= 0.6 is 0 Å². The molecule has 0 saturated carbocycles. The summed E-state index contributed by atoms with van der Waals surface area (Å²) in [6.07, 6.45) is 0. The van der Waals surface area contributed by atoms with Crippen molar-refractivity contribution in [2.24, 2.45) is 0 Å². The molecule has 0 spiro atoms. The summed E-state index contributed by atoms with van der Waals surface area (Å²) in [5.74, 6) is -4.70. The van der Waals surface area contributed by atoms with Crippen molar-refractivity contribution < 1.29 is 21.6 Å². The molecule has 0 unspecified atom stereocenters. The molecule has 0 atom stereocenters. The number of nitrogens with zero attached hydrogens (tertiary/aromatic N) is 1. The van der Waals surface area contributed by atoms with Crippen LogP contribution in [0.4, 0.5) is 18.9 Å². The highest BCUT2D eigenvalue weighted by Crippen LogP contribution is 2.21. The van der Waals surface area contributed by atoms with Crippen molar-refractivity contribution in [3.63, 3.8) is 0 Å². The van der Waals surface area contributed by atoms with Gasteiger partial charge in [-0.05, 0) is 24.3 Å². The van der Waals surface area contributed by atoms with E-state index in [9.17, 15) is 21.6 Å². The SMILES string of the molecule is N#Cc1ccc(S(=O)(=O)Nc2cc(F)c(F)c(F)c2)cc1. The topological polar surface area (TPSA) is 70.0 Å². The maximum Gasteiger partial charge on any atom is 0.261 e. The number of sulfonamides is 1. The molecule has 0 fully saturated rings. The van der Waals surface area contributed by atoms with E-state index in [1.165, 1.54) is 12.1 Å². The van der Waals surface area contributed by atoms with Crippen molar-refractivity contribution in [1.29, 1.82) is 5.26 Å². The Morgan fingerprint density at radius 3 is 2.00 bits per heavy atom. The van der Waals surface area contributed by atoms with Gasteiger partial charge in [0.2, 0.25) is 0 Å². The fourth-order valence-electron chi connectivity index (χ4n) is 1.54. The smallest absolute Gasteiger partial charge is 0.261 e. The normalized spacial score (nSPS) is 11.0. The molecule has 108 valence electrons. The van der Waals surface area contributed by atoms with E-state index in [1.807, 2.05) is 10.8 Å². The lowest BCUT2D eigenvalue weighted by atomic mass is 10.2. The molecular formula is C13H7F3N2O2S. The quantitative estimate of drug-likeness (QED) is 0.886. The third kappa shape index (κ3) is 3.14. The second kappa shape index (κ2) is 5.46. The summed E-state index contributed by atoms with van der Waals surface area (Å²) < 4.78 is 64.7. The lowest BCUT2D eigenvalue weighted by Crippen LogP contribution is -2.13. The second-order valence-corrected chi connectivity index (χ2v) is 5.68. The van der Waals surface area contributed by atoms with Crippen LogP contribution in [0.3, 0.4) is 0 Å². The molecule has 4 nitrogen and oxygen atoms in total. The molecule has 2 aromatic carbocycles. The maximum absolute atomic E-state index is 13.0. The summed E-state index contributed by atoms with van der Waals surface area (Å²) in [7, 11) is -4.10. The van der Waals surface area contributed by atoms with E-state index in [0.717, 1.165) is 12.1 Å². The number of benzene rings is 2. The van der Waals surface area contributed by atoms with Gasteiger partial charge in [0.05, 0.1) is 22.2 Å². The minimum atomic E-state index is -4.10. The first-order chi connectivity index (χ1) is 9.83. The van der Waals surface area contributed by atoms with E-state index in [1.54, 1.807) is 0 Å². The van der Waals surface area contributed by atoms with Crippen molar-refractivity contribution >= 4 is 15.7 Å². The van der Waals surface area contributed by atoms with Gasteiger partial charge in [0.15, 0.2) is 17.5 Å². The van der Waals surface area contributed by atoms with Crippen LogP contribution in [0, 0.1) is 28.8 Å². The summed E-state index contributed by atoms with van der Waals surface area (Å²) in [6, 6.07) is 7.76. The zero-order valence-corrected chi connectivity index (χ0v) is 11.1. The predicted octanol–water partition coefficient (Wildman–Crippen LogP) is 2.78. The molecule has 21 heavy (non-hydrogen) atoms. The van der Waals surface area contributed by atoms with Gasteiger partial charge in [-0.3, -0.25) is 4.72 Å². The maximum atomic E-state index is 13.0. The minimum absolute atomic E-state index is 0.202. The van der Waals surface area contributed by atoms with Crippen LogP contribution in [0.2, 0.25) is 0 Å². The van der Waals surface area contributed by atoms with E-state index >= 15 is 0 Å². The highest BCUT2D eigenvalue weighted by atomic mass is 32.2. The van der Waals surface area contributed by atoms with Gasteiger partial charge in [-0.15, -0.1) is 0 Å². The monoisotopic (exact) mass is 312 g/mol. The van der Waals surface area contributed by atoms with Crippen LogP contribution in [0.15, 0.2) is 41.3 Å². The minimum Gasteiger partial charge on any atom is -0.279 e. The van der Waals surface area contributed by atoms with Crippen LogP contribution in [-0.2, 0) is 10.0 Å². The molecule has 0 aliphatic rings. The fraction of sp³-hybridized carbons (Fsp3) is 0. The average molecular weight is 312 g/mol. The van der Waals surface area contributed by atoms with Gasteiger partial charge >= 0.3 is 0 Å². The number of nitriles is 1.